The fraction of sp³-hybridized carbons (Fsp3) is 0.250. The van der Waals surface area contributed by atoms with Crippen LogP contribution in [0.2, 0.25) is 5.02 Å². The molecule has 7 heteroatoms. The molecule has 1 aliphatic carbocycles. The van der Waals surface area contributed by atoms with Crippen LogP contribution >= 0.6 is 34.2 Å². The number of hydrogen-bond donors (Lipinski definition) is 1. The highest BCUT2D eigenvalue weighted by Crippen LogP contribution is 2.45. The lowest BCUT2D eigenvalue weighted by Crippen LogP contribution is -2.36. The lowest BCUT2D eigenvalue weighted by Gasteiger charge is -2.37. The summed E-state index contributed by atoms with van der Waals surface area (Å²) in [5, 5.41) is 10.3. The molecule has 4 rings (SSSR count). The Morgan fingerprint density at radius 3 is 2.68 bits per heavy atom. The Kier molecular flexibility index (Phi) is 6.26. The summed E-state index contributed by atoms with van der Waals surface area (Å²) < 4.78 is 7.06. The number of Topliss-reactive ketones (excluding diaryl/α,β-unsaturated/α-hetero) is 1. The molecule has 0 amide bonds. The summed E-state index contributed by atoms with van der Waals surface area (Å²) in [6.07, 6.45) is 2.03. The summed E-state index contributed by atoms with van der Waals surface area (Å²) in [7, 11) is 1.81. The van der Waals surface area contributed by atoms with Crippen molar-refractivity contribution in [2.75, 3.05) is 7.05 Å². The number of carbonyl (C=O) groups excluding carboxylic acids is 1. The number of ketones is 1. The predicted octanol–water partition coefficient (Wildman–Crippen LogP) is 5.25. The third-order valence-electron chi connectivity index (χ3n) is 5.77. The number of allylic oxidation sites excluding steroid dienone is 3. The van der Waals surface area contributed by atoms with Gasteiger partial charge in [0.25, 0.3) is 0 Å². The molecule has 0 unspecified atom stereocenters. The molecule has 2 aromatic rings. The molecule has 0 aromatic heterocycles. The van der Waals surface area contributed by atoms with E-state index in [9.17, 15) is 10.1 Å². The van der Waals surface area contributed by atoms with E-state index in [1.807, 2.05) is 37.4 Å². The van der Waals surface area contributed by atoms with Gasteiger partial charge in [-0.05, 0) is 70.8 Å². The average Bonchev–Trinajstić information content (AvgIpc) is 2.76. The van der Waals surface area contributed by atoms with E-state index < -0.39 is 5.92 Å². The molecular formula is C24H21ClIN3O2. The van der Waals surface area contributed by atoms with Crippen molar-refractivity contribution < 1.29 is 9.53 Å². The second-order valence-electron chi connectivity index (χ2n) is 7.64. The highest BCUT2D eigenvalue weighted by molar-refractivity contribution is 14.1. The minimum atomic E-state index is -0.508. The normalized spacial score (nSPS) is 18.7. The molecule has 1 heterocycles. The van der Waals surface area contributed by atoms with Crippen LogP contribution in [0.25, 0.3) is 0 Å². The second kappa shape index (κ2) is 8.93. The predicted molar refractivity (Wildman–Crippen MR) is 128 cm³/mol. The fourth-order valence-electron chi connectivity index (χ4n) is 4.15. The van der Waals surface area contributed by atoms with Crippen LogP contribution in [0.15, 0.2) is 65.1 Å². The van der Waals surface area contributed by atoms with Crippen molar-refractivity contribution in [3.63, 3.8) is 0 Å². The molecule has 0 saturated heterocycles. The summed E-state index contributed by atoms with van der Waals surface area (Å²) in [5.41, 5.74) is 10.0. The van der Waals surface area contributed by atoms with Gasteiger partial charge in [-0.25, -0.2) is 0 Å². The third kappa shape index (κ3) is 4.17. The number of hydrogen-bond acceptors (Lipinski definition) is 5. The van der Waals surface area contributed by atoms with Gasteiger partial charge < -0.3 is 15.4 Å². The van der Waals surface area contributed by atoms with Crippen LogP contribution in [0, 0.1) is 14.9 Å². The van der Waals surface area contributed by atoms with E-state index >= 15 is 0 Å². The molecule has 0 spiro atoms. The van der Waals surface area contributed by atoms with E-state index in [4.69, 9.17) is 22.1 Å². The molecule has 2 aliphatic rings. The Morgan fingerprint density at radius 1 is 1.26 bits per heavy atom. The van der Waals surface area contributed by atoms with Gasteiger partial charge in [-0.1, -0.05) is 29.8 Å². The number of ether oxygens (including phenoxy) is 1. The number of carbonyl (C=O) groups is 1. The summed E-state index contributed by atoms with van der Waals surface area (Å²) in [6, 6.07) is 15.7. The quantitative estimate of drug-likeness (QED) is 0.531. The van der Waals surface area contributed by atoms with Gasteiger partial charge in [-0.3, -0.25) is 4.79 Å². The molecule has 0 radical (unpaired) electrons. The highest BCUT2D eigenvalue weighted by Gasteiger charge is 2.38. The molecule has 5 nitrogen and oxygen atoms in total. The summed E-state index contributed by atoms with van der Waals surface area (Å²) >= 11 is 8.80. The van der Waals surface area contributed by atoms with Gasteiger partial charge in [0.05, 0.1) is 22.6 Å². The second-order valence-corrected chi connectivity index (χ2v) is 9.30. The molecular weight excluding hydrogens is 525 g/mol. The van der Waals surface area contributed by atoms with Gasteiger partial charge in [0.2, 0.25) is 0 Å². The topological polar surface area (TPSA) is 79.3 Å². The Bertz CT molecular complexity index is 1150. The van der Waals surface area contributed by atoms with Crippen molar-refractivity contribution in [1.82, 2.24) is 4.90 Å². The smallest absolute Gasteiger partial charge is 0.161 e. The van der Waals surface area contributed by atoms with Crippen LogP contribution in [0.3, 0.4) is 0 Å². The number of rotatable bonds is 4. The molecule has 31 heavy (non-hydrogen) atoms. The monoisotopic (exact) mass is 545 g/mol. The summed E-state index contributed by atoms with van der Waals surface area (Å²) in [6.45, 7) is 0.397. The molecule has 0 fully saturated rings. The van der Waals surface area contributed by atoms with Gasteiger partial charge in [0, 0.05) is 28.3 Å². The number of nitrogens with zero attached hydrogens (tertiary/aromatic N) is 2. The first-order chi connectivity index (χ1) is 14.9. The van der Waals surface area contributed by atoms with Gasteiger partial charge >= 0.3 is 0 Å². The van der Waals surface area contributed by atoms with Crippen molar-refractivity contribution in [2.24, 2.45) is 5.73 Å². The van der Waals surface area contributed by atoms with Crippen molar-refractivity contribution >= 4 is 40.0 Å². The SMILES string of the molecule is CN1C(N)=C(C#N)[C@H](c2ccc(OCc3ccc(I)cc3)c(Cl)c2)C2=C1CCCC2=O. The Labute approximate surface area is 200 Å². The van der Waals surface area contributed by atoms with Crippen LogP contribution in [-0.4, -0.2) is 17.7 Å². The van der Waals surface area contributed by atoms with Gasteiger partial charge in [0.15, 0.2) is 5.78 Å². The zero-order chi connectivity index (χ0) is 22.1. The van der Waals surface area contributed by atoms with E-state index in [0.29, 0.717) is 40.8 Å². The summed E-state index contributed by atoms with van der Waals surface area (Å²) in [4.78, 5) is 14.6. The van der Waals surface area contributed by atoms with E-state index in [0.717, 1.165) is 33.2 Å². The van der Waals surface area contributed by atoms with Crippen LogP contribution < -0.4 is 10.5 Å². The Balaban J connectivity index is 1.67. The van der Waals surface area contributed by atoms with Gasteiger partial charge in [0.1, 0.15) is 18.2 Å². The third-order valence-corrected chi connectivity index (χ3v) is 6.78. The maximum Gasteiger partial charge on any atom is 0.161 e. The lowest BCUT2D eigenvalue weighted by atomic mass is 9.76. The maximum absolute atomic E-state index is 12.8. The van der Waals surface area contributed by atoms with Crippen molar-refractivity contribution in [3.05, 3.63) is 84.8 Å². The van der Waals surface area contributed by atoms with Crippen LogP contribution in [0.1, 0.15) is 36.3 Å². The molecule has 0 saturated carbocycles. The van der Waals surface area contributed by atoms with E-state index in [1.54, 1.807) is 17.0 Å². The molecule has 2 N–H and O–H groups in total. The highest BCUT2D eigenvalue weighted by atomic mass is 127. The van der Waals surface area contributed by atoms with E-state index in [1.165, 1.54) is 0 Å². The first-order valence-corrected chi connectivity index (χ1v) is 11.4. The van der Waals surface area contributed by atoms with Crippen LogP contribution in [-0.2, 0) is 11.4 Å². The number of nitrogens with two attached hydrogens (primary N) is 1. The first kappa shape index (κ1) is 21.7. The molecule has 0 bridgehead atoms. The van der Waals surface area contributed by atoms with Crippen LogP contribution in [0.4, 0.5) is 0 Å². The fourth-order valence-corrected chi connectivity index (χ4v) is 4.75. The molecule has 158 valence electrons. The van der Waals surface area contributed by atoms with Crippen molar-refractivity contribution in [2.45, 2.75) is 31.8 Å². The maximum atomic E-state index is 12.8. The minimum absolute atomic E-state index is 0.0634. The average molecular weight is 546 g/mol. The minimum Gasteiger partial charge on any atom is -0.487 e. The molecule has 2 aromatic carbocycles. The zero-order valence-electron chi connectivity index (χ0n) is 17.0. The number of nitriles is 1. The largest absolute Gasteiger partial charge is 0.487 e. The Hall–Kier alpha value is -2.50. The van der Waals surface area contributed by atoms with Crippen LogP contribution in [0.5, 0.6) is 5.75 Å². The van der Waals surface area contributed by atoms with E-state index in [-0.39, 0.29) is 5.78 Å². The van der Waals surface area contributed by atoms with Crippen molar-refractivity contribution in [3.8, 4) is 11.8 Å². The number of benzene rings is 2. The number of halogens is 2. The summed E-state index contributed by atoms with van der Waals surface area (Å²) in [5.74, 6) is 0.493. The standard InChI is InChI=1S/C24H21ClIN3O2/c1-29-19-3-2-4-20(30)23(19)22(17(12-27)24(29)28)15-7-10-21(18(25)11-15)31-13-14-5-8-16(26)9-6-14/h5-11,22H,2-4,13,28H2,1H3/t22-/m0/s1. The molecule has 1 atom stereocenters. The first-order valence-electron chi connectivity index (χ1n) is 9.97. The zero-order valence-corrected chi connectivity index (χ0v) is 19.9. The van der Waals surface area contributed by atoms with Crippen molar-refractivity contribution in [1.29, 1.82) is 5.26 Å². The van der Waals surface area contributed by atoms with Gasteiger partial charge in [-0.2, -0.15) is 5.26 Å². The molecule has 1 aliphatic heterocycles. The van der Waals surface area contributed by atoms with E-state index in [2.05, 4.69) is 28.7 Å². The Morgan fingerprint density at radius 2 is 2.00 bits per heavy atom. The van der Waals surface area contributed by atoms with Gasteiger partial charge in [-0.15, -0.1) is 0 Å². The lowest BCUT2D eigenvalue weighted by molar-refractivity contribution is -0.116.